The van der Waals surface area contributed by atoms with E-state index in [1.807, 2.05) is 30.3 Å². The van der Waals surface area contributed by atoms with E-state index in [0.717, 1.165) is 24.8 Å². The molecule has 3 heterocycles. The molecule has 0 bridgehead atoms. The number of carbonyl (C=O) groups excluding carboxylic acids is 4. The van der Waals surface area contributed by atoms with Gasteiger partial charge in [-0.3, -0.25) is 19.2 Å². The molecule has 1 aromatic heterocycles. The topological polar surface area (TPSA) is 141 Å². The number of benzene rings is 2. The lowest BCUT2D eigenvalue weighted by atomic mass is 9.92. The van der Waals surface area contributed by atoms with Crippen molar-refractivity contribution < 1.29 is 29.0 Å². The van der Waals surface area contributed by atoms with Crippen molar-refractivity contribution in [2.24, 2.45) is 17.8 Å². The summed E-state index contributed by atoms with van der Waals surface area (Å²) in [7, 11) is 0. The molecule has 3 aliphatic rings. The molecule has 11 heteroatoms. The number of carbonyl (C=O) groups is 4. The number of fused-ring (bicyclic) bond motifs is 2. The van der Waals surface area contributed by atoms with Crippen LogP contribution in [0.1, 0.15) is 54.6 Å². The Morgan fingerprint density at radius 1 is 1.11 bits per heavy atom. The highest BCUT2D eigenvalue weighted by Gasteiger charge is 2.50. The number of Topliss-reactive ketones (excluding diaryl/α,β-unsaturated/α-hetero) is 1. The average molecular weight is 621 g/mol. The maximum atomic E-state index is 14.1. The highest BCUT2D eigenvalue weighted by Crippen LogP contribution is 2.43. The summed E-state index contributed by atoms with van der Waals surface area (Å²) in [5.41, 5.74) is 1.90. The number of aromatic amines is 1. The van der Waals surface area contributed by atoms with Gasteiger partial charge in [0.05, 0.1) is 16.6 Å². The second-order valence-corrected chi connectivity index (χ2v) is 12.5. The fourth-order valence-corrected chi connectivity index (χ4v) is 7.32. The van der Waals surface area contributed by atoms with E-state index in [-0.39, 0.29) is 36.0 Å². The van der Waals surface area contributed by atoms with Crippen LogP contribution in [0.4, 0.5) is 0 Å². The van der Waals surface area contributed by atoms with Crippen molar-refractivity contribution in [3.8, 4) is 5.75 Å². The number of aliphatic hydroxyl groups is 1. The molecule has 5 atom stereocenters. The summed E-state index contributed by atoms with van der Waals surface area (Å²) in [5, 5.41) is 16.4. The number of nitrogens with one attached hydrogen (secondary N) is 3. The molecule has 2 saturated heterocycles. The van der Waals surface area contributed by atoms with Crippen LogP contribution in [0.3, 0.4) is 0 Å². The van der Waals surface area contributed by atoms with Gasteiger partial charge in [0, 0.05) is 24.4 Å². The minimum atomic E-state index is -0.936. The van der Waals surface area contributed by atoms with E-state index in [1.165, 1.54) is 0 Å². The third-order valence-corrected chi connectivity index (χ3v) is 9.75. The van der Waals surface area contributed by atoms with Gasteiger partial charge in [-0.15, -0.1) is 0 Å². The van der Waals surface area contributed by atoms with Crippen LogP contribution in [-0.4, -0.2) is 70.3 Å². The van der Waals surface area contributed by atoms with E-state index >= 15 is 0 Å². The molecule has 0 radical (unpaired) electrons. The zero-order chi connectivity index (χ0) is 30.8. The molecule has 0 spiro atoms. The number of hydrogen-bond acceptors (Lipinski definition) is 6. The number of ketones is 1. The summed E-state index contributed by atoms with van der Waals surface area (Å²) >= 11 is 6.53. The summed E-state index contributed by atoms with van der Waals surface area (Å²) in [5.74, 6) is -0.807. The van der Waals surface area contributed by atoms with Crippen LogP contribution in [0.5, 0.6) is 5.75 Å². The standard InChI is InChI=1S/C33H37ClN4O6/c34-24-10-12-28(44-18-19-5-2-1-3-6-19)29-23(24)15-26(36-29)33(43)38-16-21-7-4-8-22(21)30(38)32(42)37-25(27(40)17-39)11-9-20-13-14-35-31(20)41/h1-3,5-6,10,12,15,20-22,25,30,36,39H,4,7-9,11,13-14,16-18H2,(H,35,41)(H,37,42)/t20-,21+,22+,25+,30+/m1/s1. The second-order valence-electron chi connectivity index (χ2n) is 12.1. The SMILES string of the molecule is O=C1NCC[C@H]1CC[C@H](NC(=O)[C@@H]1[C@H]2CCC[C@H]2CN1C(=O)c1cc2c(Cl)ccc(OCc3ccccc3)c2[nH]1)C(=O)CO. The van der Waals surface area contributed by atoms with Crippen LogP contribution in [-0.2, 0) is 21.0 Å². The number of hydrogen-bond donors (Lipinski definition) is 4. The van der Waals surface area contributed by atoms with Gasteiger partial charge in [0.1, 0.15) is 30.7 Å². The molecule has 44 heavy (non-hydrogen) atoms. The average Bonchev–Trinajstić information content (AvgIpc) is 3.83. The van der Waals surface area contributed by atoms with Gasteiger partial charge in [0.25, 0.3) is 5.91 Å². The Kier molecular flexibility index (Phi) is 8.91. The van der Waals surface area contributed by atoms with Crippen molar-refractivity contribution in [3.05, 3.63) is 64.8 Å². The predicted octanol–water partition coefficient (Wildman–Crippen LogP) is 3.60. The van der Waals surface area contributed by atoms with E-state index in [9.17, 15) is 24.3 Å². The number of nitrogens with zero attached hydrogens (tertiary/aromatic N) is 1. The number of ether oxygens (including phenoxy) is 1. The molecule has 0 unspecified atom stereocenters. The van der Waals surface area contributed by atoms with Gasteiger partial charge in [-0.1, -0.05) is 48.4 Å². The zero-order valence-electron chi connectivity index (χ0n) is 24.4. The molecule has 1 saturated carbocycles. The van der Waals surface area contributed by atoms with E-state index in [1.54, 1.807) is 23.1 Å². The lowest BCUT2D eigenvalue weighted by Gasteiger charge is -2.28. The molecule has 10 nitrogen and oxygen atoms in total. The van der Waals surface area contributed by atoms with Gasteiger partial charge in [0.2, 0.25) is 11.8 Å². The quantitative estimate of drug-likeness (QED) is 0.258. The molecule has 232 valence electrons. The number of halogens is 1. The van der Waals surface area contributed by atoms with Crippen LogP contribution in [0.15, 0.2) is 48.5 Å². The van der Waals surface area contributed by atoms with Crippen molar-refractivity contribution in [3.63, 3.8) is 0 Å². The minimum Gasteiger partial charge on any atom is -0.487 e. The lowest BCUT2D eigenvalue weighted by molar-refractivity contribution is -0.132. The van der Waals surface area contributed by atoms with Crippen LogP contribution in [0, 0.1) is 17.8 Å². The van der Waals surface area contributed by atoms with E-state index in [0.29, 0.717) is 59.9 Å². The molecular weight excluding hydrogens is 584 g/mol. The molecule has 3 fully saturated rings. The predicted molar refractivity (Wildman–Crippen MR) is 164 cm³/mol. The summed E-state index contributed by atoms with van der Waals surface area (Å²) in [6.07, 6.45) is 4.04. The summed E-state index contributed by atoms with van der Waals surface area (Å²) in [6.45, 7) is 0.654. The van der Waals surface area contributed by atoms with Crippen molar-refractivity contribution in [2.45, 2.75) is 57.2 Å². The summed E-state index contributed by atoms with van der Waals surface area (Å²) < 4.78 is 6.09. The van der Waals surface area contributed by atoms with Crippen LogP contribution in [0.25, 0.3) is 10.9 Å². The summed E-state index contributed by atoms with van der Waals surface area (Å²) in [4.78, 5) is 57.4. The summed E-state index contributed by atoms with van der Waals surface area (Å²) in [6, 6.07) is 13.3. The molecule has 6 rings (SSSR count). The van der Waals surface area contributed by atoms with Crippen LogP contribution >= 0.6 is 11.6 Å². The van der Waals surface area contributed by atoms with Crippen molar-refractivity contribution in [1.29, 1.82) is 0 Å². The van der Waals surface area contributed by atoms with Gasteiger partial charge < -0.3 is 30.4 Å². The van der Waals surface area contributed by atoms with Gasteiger partial charge >= 0.3 is 0 Å². The molecule has 2 aliphatic heterocycles. The van der Waals surface area contributed by atoms with Crippen LogP contribution in [0.2, 0.25) is 5.02 Å². The van der Waals surface area contributed by atoms with Crippen molar-refractivity contribution in [2.75, 3.05) is 19.7 Å². The van der Waals surface area contributed by atoms with Gasteiger partial charge in [-0.25, -0.2) is 0 Å². The van der Waals surface area contributed by atoms with E-state index < -0.39 is 30.4 Å². The maximum Gasteiger partial charge on any atom is 0.271 e. The smallest absolute Gasteiger partial charge is 0.271 e. The Morgan fingerprint density at radius 3 is 2.68 bits per heavy atom. The largest absolute Gasteiger partial charge is 0.487 e. The molecule has 1 aliphatic carbocycles. The molecule has 3 aromatic rings. The first kappa shape index (κ1) is 30.1. The Morgan fingerprint density at radius 2 is 1.93 bits per heavy atom. The first-order valence-corrected chi connectivity index (χ1v) is 15.7. The first-order chi connectivity index (χ1) is 21.3. The fourth-order valence-electron chi connectivity index (χ4n) is 7.10. The molecule has 3 amide bonds. The first-order valence-electron chi connectivity index (χ1n) is 15.3. The van der Waals surface area contributed by atoms with Gasteiger partial charge in [-0.2, -0.15) is 0 Å². The van der Waals surface area contributed by atoms with Crippen LogP contribution < -0.4 is 15.4 Å². The lowest BCUT2D eigenvalue weighted by Crippen LogP contribution is -2.53. The fraction of sp³-hybridized carbons (Fsp3) is 0.455. The number of aliphatic hydroxyl groups excluding tert-OH is 1. The Hall–Kier alpha value is -3.89. The zero-order valence-corrected chi connectivity index (χ0v) is 25.1. The highest BCUT2D eigenvalue weighted by molar-refractivity contribution is 6.35. The van der Waals surface area contributed by atoms with Crippen molar-refractivity contribution in [1.82, 2.24) is 20.5 Å². The maximum absolute atomic E-state index is 14.1. The highest BCUT2D eigenvalue weighted by atomic mass is 35.5. The van der Waals surface area contributed by atoms with E-state index in [4.69, 9.17) is 16.3 Å². The Balaban J connectivity index is 1.22. The number of aromatic nitrogens is 1. The Bertz CT molecular complexity index is 1560. The van der Waals surface area contributed by atoms with Gasteiger partial charge in [-0.05, 0) is 67.7 Å². The number of likely N-dealkylation sites (tertiary alicyclic amines) is 1. The number of rotatable bonds is 11. The monoisotopic (exact) mass is 620 g/mol. The molecule has 2 aromatic carbocycles. The van der Waals surface area contributed by atoms with Crippen molar-refractivity contribution >= 4 is 46.0 Å². The molecular formula is C33H37ClN4O6. The third-order valence-electron chi connectivity index (χ3n) is 9.42. The van der Waals surface area contributed by atoms with E-state index in [2.05, 4.69) is 15.6 Å². The number of H-pyrrole nitrogens is 1. The molecule has 4 N–H and O–H groups in total. The number of amides is 3. The third kappa shape index (κ3) is 6.05. The minimum absolute atomic E-state index is 0.0258. The Labute approximate surface area is 260 Å². The normalized spacial score (nSPS) is 23.4. The second kappa shape index (κ2) is 13.0. The van der Waals surface area contributed by atoms with Gasteiger partial charge in [0.15, 0.2) is 5.78 Å².